The number of carbonyl (C=O) groups is 3. The maximum Gasteiger partial charge on any atom is 0.308 e. The zero-order valence-corrected chi connectivity index (χ0v) is 13.9. The van der Waals surface area contributed by atoms with Crippen molar-refractivity contribution in [1.29, 1.82) is 0 Å². The fraction of sp³-hybridized carbons (Fsp3) is 0.812. The first-order valence-electron chi connectivity index (χ1n) is 8.19. The van der Waals surface area contributed by atoms with Crippen molar-refractivity contribution < 1.29 is 19.5 Å². The second-order valence-electron chi connectivity index (χ2n) is 6.10. The largest absolute Gasteiger partial charge is 0.481 e. The van der Waals surface area contributed by atoms with Crippen LogP contribution < -0.4 is 0 Å². The SMILES string of the molecule is CCCN(CCC)C(=O)CCC(=O)N1C[C@@H](C)[C@H](C(=O)O)C1. The van der Waals surface area contributed by atoms with Gasteiger partial charge in [-0.1, -0.05) is 20.8 Å². The molecule has 6 nitrogen and oxygen atoms in total. The number of carboxylic acid groups (broad SMARTS) is 1. The molecule has 0 aromatic rings. The number of hydrogen-bond acceptors (Lipinski definition) is 3. The van der Waals surface area contributed by atoms with Gasteiger partial charge in [0.1, 0.15) is 0 Å². The molecule has 126 valence electrons. The summed E-state index contributed by atoms with van der Waals surface area (Å²) in [5, 5.41) is 9.09. The number of hydrogen-bond donors (Lipinski definition) is 1. The van der Waals surface area contributed by atoms with Crippen LogP contribution in [0.2, 0.25) is 0 Å². The van der Waals surface area contributed by atoms with Crippen molar-refractivity contribution in [2.24, 2.45) is 11.8 Å². The van der Waals surface area contributed by atoms with Gasteiger partial charge in [-0.3, -0.25) is 14.4 Å². The Balaban J connectivity index is 2.45. The Morgan fingerprint density at radius 3 is 2.14 bits per heavy atom. The first kappa shape index (κ1) is 18.5. The van der Waals surface area contributed by atoms with Gasteiger partial charge in [-0.25, -0.2) is 0 Å². The smallest absolute Gasteiger partial charge is 0.308 e. The highest BCUT2D eigenvalue weighted by molar-refractivity contribution is 5.84. The maximum absolute atomic E-state index is 12.2. The summed E-state index contributed by atoms with van der Waals surface area (Å²) in [6.07, 6.45) is 2.19. The number of aliphatic carboxylic acids is 1. The molecule has 1 saturated heterocycles. The molecule has 2 atom stereocenters. The van der Waals surface area contributed by atoms with Crippen molar-refractivity contribution in [2.45, 2.75) is 46.5 Å². The van der Waals surface area contributed by atoms with E-state index in [1.165, 1.54) is 0 Å². The summed E-state index contributed by atoms with van der Waals surface area (Å²) in [6, 6.07) is 0. The molecule has 1 rings (SSSR count). The fourth-order valence-corrected chi connectivity index (χ4v) is 2.92. The van der Waals surface area contributed by atoms with Crippen LogP contribution in [0.4, 0.5) is 0 Å². The summed E-state index contributed by atoms with van der Waals surface area (Å²) >= 11 is 0. The van der Waals surface area contributed by atoms with Gasteiger partial charge in [0.2, 0.25) is 11.8 Å². The Morgan fingerprint density at radius 2 is 1.68 bits per heavy atom. The number of likely N-dealkylation sites (tertiary alicyclic amines) is 1. The van der Waals surface area contributed by atoms with Crippen LogP contribution in [0, 0.1) is 11.8 Å². The van der Waals surface area contributed by atoms with Crippen LogP contribution in [0.1, 0.15) is 46.5 Å². The van der Waals surface area contributed by atoms with Gasteiger partial charge in [-0.05, 0) is 18.8 Å². The van der Waals surface area contributed by atoms with Gasteiger partial charge in [-0.2, -0.15) is 0 Å². The van der Waals surface area contributed by atoms with E-state index in [9.17, 15) is 14.4 Å². The lowest BCUT2D eigenvalue weighted by Crippen LogP contribution is -2.34. The minimum Gasteiger partial charge on any atom is -0.481 e. The predicted octanol–water partition coefficient (Wildman–Crippen LogP) is 1.59. The van der Waals surface area contributed by atoms with Crippen LogP contribution >= 0.6 is 0 Å². The van der Waals surface area contributed by atoms with Crippen molar-refractivity contribution in [1.82, 2.24) is 9.80 Å². The van der Waals surface area contributed by atoms with E-state index in [0.717, 1.165) is 25.9 Å². The second-order valence-corrected chi connectivity index (χ2v) is 6.10. The first-order chi connectivity index (χ1) is 10.4. The quantitative estimate of drug-likeness (QED) is 0.738. The summed E-state index contributed by atoms with van der Waals surface area (Å²) in [7, 11) is 0. The Hall–Kier alpha value is -1.59. The van der Waals surface area contributed by atoms with E-state index in [0.29, 0.717) is 6.54 Å². The minimum absolute atomic E-state index is 0.0130. The topological polar surface area (TPSA) is 77.9 Å². The number of carboxylic acids is 1. The maximum atomic E-state index is 12.2. The van der Waals surface area contributed by atoms with Crippen molar-refractivity contribution in [3.8, 4) is 0 Å². The molecule has 22 heavy (non-hydrogen) atoms. The van der Waals surface area contributed by atoms with Crippen molar-refractivity contribution in [3.05, 3.63) is 0 Å². The minimum atomic E-state index is -0.851. The molecular formula is C16H28N2O4. The zero-order chi connectivity index (χ0) is 16.7. The van der Waals surface area contributed by atoms with E-state index in [4.69, 9.17) is 5.11 Å². The Labute approximate surface area is 132 Å². The van der Waals surface area contributed by atoms with Crippen molar-refractivity contribution in [3.63, 3.8) is 0 Å². The molecule has 0 unspecified atom stereocenters. The van der Waals surface area contributed by atoms with E-state index in [1.807, 2.05) is 20.8 Å². The van der Waals surface area contributed by atoms with Crippen LogP contribution in [-0.4, -0.2) is 58.9 Å². The number of amides is 2. The molecule has 0 saturated carbocycles. The van der Waals surface area contributed by atoms with E-state index in [-0.39, 0.29) is 37.1 Å². The zero-order valence-electron chi connectivity index (χ0n) is 13.9. The number of rotatable bonds is 8. The van der Waals surface area contributed by atoms with Gasteiger partial charge in [0.25, 0.3) is 0 Å². The lowest BCUT2D eigenvalue weighted by Gasteiger charge is -2.22. The van der Waals surface area contributed by atoms with Crippen molar-refractivity contribution in [2.75, 3.05) is 26.2 Å². The molecule has 0 spiro atoms. The van der Waals surface area contributed by atoms with Crippen molar-refractivity contribution >= 4 is 17.8 Å². The molecule has 0 radical (unpaired) electrons. The van der Waals surface area contributed by atoms with Crippen LogP contribution in [0.25, 0.3) is 0 Å². The molecule has 1 aliphatic heterocycles. The highest BCUT2D eigenvalue weighted by atomic mass is 16.4. The normalized spacial score (nSPS) is 21.0. The third-order valence-corrected chi connectivity index (χ3v) is 4.17. The molecule has 6 heteroatoms. The average molecular weight is 312 g/mol. The predicted molar refractivity (Wildman–Crippen MR) is 83.3 cm³/mol. The average Bonchev–Trinajstić information content (AvgIpc) is 2.86. The molecular weight excluding hydrogens is 284 g/mol. The van der Waals surface area contributed by atoms with E-state index >= 15 is 0 Å². The van der Waals surface area contributed by atoms with Gasteiger partial charge in [-0.15, -0.1) is 0 Å². The van der Waals surface area contributed by atoms with Gasteiger partial charge in [0.15, 0.2) is 0 Å². The monoisotopic (exact) mass is 312 g/mol. The standard InChI is InChI=1S/C16H28N2O4/c1-4-8-17(9-5-2)14(19)6-7-15(20)18-10-12(3)13(11-18)16(21)22/h12-13H,4-11H2,1-3H3,(H,21,22)/t12-,13-/m1/s1. The fourth-order valence-electron chi connectivity index (χ4n) is 2.92. The molecule has 1 N–H and O–H groups in total. The summed E-state index contributed by atoms with van der Waals surface area (Å²) in [5.41, 5.74) is 0. The highest BCUT2D eigenvalue weighted by Gasteiger charge is 2.36. The first-order valence-corrected chi connectivity index (χ1v) is 8.19. The molecule has 0 aliphatic carbocycles. The lowest BCUT2D eigenvalue weighted by atomic mass is 9.99. The Morgan fingerprint density at radius 1 is 1.09 bits per heavy atom. The third-order valence-electron chi connectivity index (χ3n) is 4.17. The summed E-state index contributed by atoms with van der Waals surface area (Å²) in [6.45, 7) is 8.08. The van der Waals surface area contributed by atoms with Gasteiger partial charge in [0, 0.05) is 39.0 Å². The van der Waals surface area contributed by atoms with Gasteiger partial charge >= 0.3 is 5.97 Å². The summed E-state index contributed by atoms with van der Waals surface area (Å²) < 4.78 is 0. The number of carbonyl (C=O) groups excluding carboxylic acids is 2. The van der Waals surface area contributed by atoms with Gasteiger partial charge in [0.05, 0.1) is 5.92 Å². The molecule has 0 aromatic carbocycles. The van der Waals surface area contributed by atoms with Crippen LogP contribution in [0.3, 0.4) is 0 Å². The van der Waals surface area contributed by atoms with E-state index < -0.39 is 11.9 Å². The molecule has 1 heterocycles. The molecule has 0 aromatic heterocycles. The molecule has 1 aliphatic rings. The Kier molecular flexibility index (Phi) is 7.35. The van der Waals surface area contributed by atoms with E-state index in [2.05, 4.69) is 0 Å². The van der Waals surface area contributed by atoms with Gasteiger partial charge < -0.3 is 14.9 Å². The summed E-state index contributed by atoms with van der Waals surface area (Å²) in [4.78, 5) is 38.8. The van der Waals surface area contributed by atoms with Crippen LogP contribution in [0.5, 0.6) is 0 Å². The molecule has 2 amide bonds. The lowest BCUT2D eigenvalue weighted by molar-refractivity contribution is -0.142. The summed E-state index contributed by atoms with van der Waals surface area (Å²) in [5.74, 6) is -1.47. The van der Waals surface area contributed by atoms with Crippen LogP contribution in [0.15, 0.2) is 0 Å². The third kappa shape index (κ3) is 5.00. The second kappa shape index (κ2) is 8.76. The number of nitrogens with zero attached hydrogens (tertiary/aromatic N) is 2. The highest BCUT2D eigenvalue weighted by Crippen LogP contribution is 2.23. The molecule has 0 bridgehead atoms. The van der Waals surface area contributed by atoms with Crippen LogP contribution in [-0.2, 0) is 14.4 Å². The Bertz CT molecular complexity index is 405. The van der Waals surface area contributed by atoms with E-state index in [1.54, 1.807) is 9.80 Å². The molecule has 1 fully saturated rings.